The number of amides is 2. The Labute approximate surface area is 111 Å². The Morgan fingerprint density at radius 3 is 2.16 bits per heavy atom. The van der Waals surface area contributed by atoms with Gasteiger partial charge >= 0.3 is 5.97 Å². The lowest BCUT2D eigenvalue weighted by molar-refractivity contribution is -0.146. The summed E-state index contributed by atoms with van der Waals surface area (Å²) < 4.78 is 5.07. The van der Waals surface area contributed by atoms with E-state index in [0.29, 0.717) is 17.5 Å². The van der Waals surface area contributed by atoms with Gasteiger partial charge in [0, 0.05) is 6.92 Å². The minimum atomic E-state index is -0.459. The van der Waals surface area contributed by atoms with Gasteiger partial charge in [-0.05, 0) is 18.6 Å². The molecule has 1 aromatic carbocycles. The van der Waals surface area contributed by atoms with E-state index in [2.05, 4.69) is 0 Å². The van der Waals surface area contributed by atoms with Crippen molar-refractivity contribution in [1.82, 2.24) is 4.90 Å². The molecule has 100 valence electrons. The molecule has 1 aliphatic heterocycles. The first-order valence-electron chi connectivity index (χ1n) is 6.17. The van der Waals surface area contributed by atoms with E-state index in [1.165, 1.54) is 6.92 Å². The molecule has 0 spiro atoms. The number of imide groups is 1. The molecule has 0 bridgehead atoms. The van der Waals surface area contributed by atoms with Crippen LogP contribution in [0.25, 0.3) is 0 Å². The van der Waals surface area contributed by atoms with Crippen LogP contribution in [0.2, 0.25) is 0 Å². The highest BCUT2D eigenvalue weighted by molar-refractivity contribution is 6.21. The molecule has 1 aromatic rings. The molecule has 1 heterocycles. The first-order chi connectivity index (χ1) is 9.04. The van der Waals surface area contributed by atoms with Gasteiger partial charge in [-0.25, -0.2) is 0 Å². The predicted molar refractivity (Wildman–Crippen MR) is 67.7 cm³/mol. The number of carbonyl (C=O) groups excluding carboxylic acids is 3. The number of fused-ring (bicyclic) bond motifs is 1. The molecule has 0 radical (unpaired) electrons. The summed E-state index contributed by atoms with van der Waals surface area (Å²) in [4.78, 5) is 36.3. The second-order valence-electron chi connectivity index (χ2n) is 4.41. The third-order valence-corrected chi connectivity index (χ3v) is 3.05. The van der Waals surface area contributed by atoms with Gasteiger partial charge in [-0.2, -0.15) is 0 Å². The van der Waals surface area contributed by atoms with Gasteiger partial charge in [-0.1, -0.05) is 19.1 Å². The zero-order valence-electron chi connectivity index (χ0n) is 10.9. The Hall–Kier alpha value is -2.17. The Bertz CT molecular complexity index is 503. The molecule has 1 atom stereocenters. The lowest BCUT2D eigenvalue weighted by atomic mass is 10.1. The summed E-state index contributed by atoms with van der Waals surface area (Å²) in [7, 11) is 0. The summed E-state index contributed by atoms with van der Waals surface area (Å²) in [6.07, 6.45) is 0.0900. The molecule has 0 fully saturated rings. The molecule has 0 aromatic heterocycles. The van der Waals surface area contributed by atoms with Crippen LogP contribution in [0.1, 0.15) is 41.0 Å². The maximum absolute atomic E-state index is 12.1. The second-order valence-corrected chi connectivity index (χ2v) is 4.41. The van der Waals surface area contributed by atoms with E-state index in [-0.39, 0.29) is 18.4 Å². The number of esters is 1. The topological polar surface area (TPSA) is 63.7 Å². The molecule has 0 saturated heterocycles. The lowest BCUT2D eigenvalue weighted by Crippen LogP contribution is -2.38. The molecule has 2 rings (SSSR count). The molecule has 0 aliphatic carbocycles. The van der Waals surface area contributed by atoms with Crippen molar-refractivity contribution in [3.8, 4) is 0 Å². The van der Waals surface area contributed by atoms with Crippen molar-refractivity contribution in [1.29, 1.82) is 0 Å². The van der Waals surface area contributed by atoms with E-state index in [1.807, 2.05) is 6.92 Å². The molecule has 1 aliphatic rings. The molecular weight excluding hydrogens is 246 g/mol. The SMILES string of the molecule is CC[C@H](CN1C(=O)c2ccccc2C1=O)OC(C)=O. The normalized spacial score (nSPS) is 15.4. The van der Waals surface area contributed by atoms with Crippen molar-refractivity contribution in [2.24, 2.45) is 0 Å². The number of benzene rings is 1. The number of ether oxygens (including phenoxy) is 1. The summed E-state index contributed by atoms with van der Waals surface area (Å²) in [6, 6.07) is 6.69. The van der Waals surface area contributed by atoms with Crippen molar-refractivity contribution >= 4 is 17.8 Å². The largest absolute Gasteiger partial charge is 0.461 e. The van der Waals surface area contributed by atoms with Gasteiger partial charge in [-0.3, -0.25) is 19.3 Å². The average Bonchev–Trinajstić information content (AvgIpc) is 2.63. The highest BCUT2D eigenvalue weighted by Crippen LogP contribution is 2.23. The summed E-state index contributed by atoms with van der Waals surface area (Å²) >= 11 is 0. The lowest BCUT2D eigenvalue weighted by Gasteiger charge is -2.21. The van der Waals surface area contributed by atoms with E-state index in [0.717, 1.165) is 4.90 Å². The van der Waals surface area contributed by atoms with Crippen molar-refractivity contribution in [3.63, 3.8) is 0 Å². The summed E-state index contributed by atoms with van der Waals surface area (Å²) in [5.74, 6) is -1.07. The van der Waals surface area contributed by atoms with Crippen LogP contribution in [0.15, 0.2) is 24.3 Å². The fourth-order valence-corrected chi connectivity index (χ4v) is 2.09. The minimum Gasteiger partial charge on any atom is -0.461 e. The van der Waals surface area contributed by atoms with Crippen molar-refractivity contribution in [2.45, 2.75) is 26.4 Å². The van der Waals surface area contributed by atoms with Crippen LogP contribution in [0.4, 0.5) is 0 Å². The molecule has 5 heteroatoms. The van der Waals surface area contributed by atoms with Gasteiger partial charge in [0.2, 0.25) is 0 Å². The van der Waals surface area contributed by atoms with Gasteiger partial charge in [0.1, 0.15) is 6.10 Å². The number of carbonyl (C=O) groups is 3. The highest BCUT2D eigenvalue weighted by Gasteiger charge is 2.36. The zero-order valence-corrected chi connectivity index (χ0v) is 10.9. The summed E-state index contributed by atoms with van der Waals surface area (Å²) in [6.45, 7) is 3.25. The third-order valence-electron chi connectivity index (χ3n) is 3.05. The van der Waals surface area contributed by atoms with E-state index < -0.39 is 12.1 Å². The fourth-order valence-electron chi connectivity index (χ4n) is 2.09. The fraction of sp³-hybridized carbons (Fsp3) is 0.357. The van der Waals surface area contributed by atoms with Gasteiger partial charge in [0.15, 0.2) is 0 Å². The number of hydrogen-bond donors (Lipinski definition) is 0. The Morgan fingerprint density at radius 2 is 1.74 bits per heavy atom. The Morgan fingerprint density at radius 1 is 1.21 bits per heavy atom. The van der Waals surface area contributed by atoms with Gasteiger partial charge in [0.25, 0.3) is 11.8 Å². The predicted octanol–water partition coefficient (Wildman–Crippen LogP) is 1.62. The van der Waals surface area contributed by atoms with Crippen LogP contribution in [-0.4, -0.2) is 35.3 Å². The van der Waals surface area contributed by atoms with Crippen LogP contribution < -0.4 is 0 Å². The van der Waals surface area contributed by atoms with Crippen LogP contribution >= 0.6 is 0 Å². The van der Waals surface area contributed by atoms with Gasteiger partial charge in [-0.15, -0.1) is 0 Å². The van der Waals surface area contributed by atoms with E-state index >= 15 is 0 Å². The molecule has 2 amide bonds. The second kappa shape index (κ2) is 5.22. The number of hydrogen-bond acceptors (Lipinski definition) is 4. The zero-order chi connectivity index (χ0) is 14.0. The number of rotatable bonds is 4. The van der Waals surface area contributed by atoms with Crippen LogP contribution in [0.5, 0.6) is 0 Å². The monoisotopic (exact) mass is 261 g/mol. The minimum absolute atomic E-state index is 0.0996. The molecule has 5 nitrogen and oxygen atoms in total. The highest BCUT2D eigenvalue weighted by atomic mass is 16.5. The molecule has 19 heavy (non-hydrogen) atoms. The summed E-state index contributed by atoms with van der Waals surface area (Å²) in [5, 5.41) is 0. The van der Waals surface area contributed by atoms with E-state index in [9.17, 15) is 14.4 Å². The van der Waals surface area contributed by atoms with Gasteiger partial charge < -0.3 is 4.74 Å². The maximum Gasteiger partial charge on any atom is 0.302 e. The molecule has 0 unspecified atom stereocenters. The maximum atomic E-state index is 12.1. The van der Waals surface area contributed by atoms with Gasteiger partial charge in [0.05, 0.1) is 17.7 Å². The quantitative estimate of drug-likeness (QED) is 0.610. The first kappa shape index (κ1) is 13.3. The summed E-state index contributed by atoms with van der Waals surface area (Å²) in [5.41, 5.74) is 0.815. The number of nitrogens with zero attached hydrogens (tertiary/aromatic N) is 1. The smallest absolute Gasteiger partial charge is 0.302 e. The van der Waals surface area contributed by atoms with Crippen molar-refractivity contribution in [3.05, 3.63) is 35.4 Å². The van der Waals surface area contributed by atoms with Crippen LogP contribution in [0.3, 0.4) is 0 Å². The van der Waals surface area contributed by atoms with Crippen LogP contribution in [0, 0.1) is 0 Å². The van der Waals surface area contributed by atoms with Crippen molar-refractivity contribution < 1.29 is 19.1 Å². The van der Waals surface area contributed by atoms with E-state index in [4.69, 9.17) is 4.74 Å². The van der Waals surface area contributed by atoms with E-state index in [1.54, 1.807) is 24.3 Å². The molecule has 0 saturated carbocycles. The Balaban J connectivity index is 2.17. The Kier molecular flexibility index (Phi) is 3.64. The average molecular weight is 261 g/mol. The molecular formula is C14H15NO4. The first-order valence-corrected chi connectivity index (χ1v) is 6.17. The standard InChI is InChI=1S/C14H15NO4/c1-3-10(19-9(2)16)8-15-13(17)11-6-4-5-7-12(11)14(15)18/h4-7,10H,3,8H2,1-2H3/t10-/m1/s1. The third kappa shape index (κ3) is 2.50. The molecule has 0 N–H and O–H groups in total. The van der Waals surface area contributed by atoms with Crippen molar-refractivity contribution in [2.75, 3.05) is 6.54 Å². The van der Waals surface area contributed by atoms with Crippen LogP contribution in [-0.2, 0) is 9.53 Å².